The molecule has 0 unspecified atom stereocenters. The minimum atomic E-state index is -0.885. The smallest absolute Gasteiger partial charge is 0.305 e. The number of hydrogen-bond donors (Lipinski definition) is 1. The number of methoxy groups -OCH3 is 1. The number of carbonyl (C=O) groups is 2. The number of hydrogen-bond acceptors (Lipinski definition) is 4. The summed E-state index contributed by atoms with van der Waals surface area (Å²) in [5.74, 6) is -1.25. The molecule has 0 saturated heterocycles. The third kappa shape index (κ3) is 4.37. The van der Waals surface area contributed by atoms with Crippen molar-refractivity contribution in [1.29, 1.82) is 0 Å². The van der Waals surface area contributed by atoms with Crippen molar-refractivity contribution in [3.05, 3.63) is 34.5 Å². The molecule has 0 amide bonds. The summed E-state index contributed by atoms with van der Waals surface area (Å²) in [4.78, 5) is 30.8. The SMILES string of the molecule is COC(=O)CCCC(=O)O.O=c1c2ccccc12. The molecule has 0 aromatic heterocycles. The van der Waals surface area contributed by atoms with Gasteiger partial charge in [-0.05, 0) is 6.42 Å². The summed E-state index contributed by atoms with van der Waals surface area (Å²) in [6, 6.07) is 7.45. The number of carboxylic acid groups (broad SMARTS) is 1. The number of carbonyl (C=O) groups excluding carboxylic acids is 1. The van der Waals surface area contributed by atoms with Crippen molar-refractivity contribution in [2.75, 3.05) is 7.11 Å². The average Bonchev–Trinajstić information content (AvgIpc) is 3.01. The van der Waals surface area contributed by atoms with E-state index in [1.165, 1.54) is 7.11 Å². The van der Waals surface area contributed by atoms with Crippen LogP contribution in [0.3, 0.4) is 0 Å². The third-order valence-corrected chi connectivity index (χ3v) is 2.35. The minimum Gasteiger partial charge on any atom is -0.481 e. The van der Waals surface area contributed by atoms with Crippen LogP contribution in [0, 0.1) is 0 Å². The fourth-order valence-electron chi connectivity index (χ4n) is 1.32. The van der Waals surface area contributed by atoms with E-state index >= 15 is 0 Å². The lowest BCUT2D eigenvalue weighted by molar-refractivity contribution is -0.141. The van der Waals surface area contributed by atoms with E-state index in [0.29, 0.717) is 6.42 Å². The predicted octanol–water partition coefficient (Wildman–Crippen LogP) is 1.49. The molecule has 0 heterocycles. The van der Waals surface area contributed by atoms with Gasteiger partial charge >= 0.3 is 11.9 Å². The molecule has 18 heavy (non-hydrogen) atoms. The summed E-state index contributed by atoms with van der Waals surface area (Å²) >= 11 is 0. The molecule has 0 aliphatic rings. The molecule has 96 valence electrons. The summed E-state index contributed by atoms with van der Waals surface area (Å²) in [6.07, 6.45) is 0.555. The summed E-state index contributed by atoms with van der Waals surface area (Å²) in [5.41, 5.74) is 0.218. The van der Waals surface area contributed by atoms with Gasteiger partial charge in [0.2, 0.25) is 0 Å². The van der Waals surface area contributed by atoms with Gasteiger partial charge in [-0.3, -0.25) is 14.4 Å². The van der Waals surface area contributed by atoms with Crippen molar-refractivity contribution in [1.82, 2.24) is 0 Å². The molecule has 5 nitrogen and oxygen atoms in total. The van der Waals surface area contributed by atoms with Gasteiger partial charge in [0.1, 0.15) is 0 Å². The first-order valence-electron chi connectivity index (χ1n) is 5.48. The number of ether oxygens (including phenoxy) is 1. The molecular weight excluding hydrogens is 236 g/mol. The van der Waals surface area contributed by atoms with Crippen molar-refractivity contribution in [2.24, 2.45) is 0 Å². The minimum absolute atomic E-state index is 0.0229. The Morgan fingerprint density at radius 2 is 1.72 bits per heavy atom. The molecule has 0 fully saturated rings. The Labute approximate surface area is 104 Å². The first kappa shape index (κ1) is 13.9. The Balaban J connectivity index is 0.000000182. The lowest BCUT2D eigenvalue weighted by Crippen LogP contribution is -2.02. The number of fused-ring (bicyclic) bond motifs is 1. The van der Waals surface area contributed by atoms with E-state index in [-0.39, 0.29) is 24.2 Å². The zero-order chi connectivity index (χ0) is 13.5. The Hall–Kier alpha value is -2.17. The predicted molar refractivity (Wildman–Crippen MR) is 66.1 cm³/mol. The maximum absolute atomic E-state index is 10.5. The molecule has 0 spiro atoms. The number of esters is 1. The van der Waals surface area contributed by atoms with Crippen LogP contribution in [-0.4, -0.2) is 24.2 Å². The van der Waals surface area contributed by atoms with Gasteiger partial charge in [0, 0.05) is 23.6 Å². The second-order valence-electron chi connectivity index (χ2n) is 3.70. The summed E-state index contributed by atoms with van der Waals surface area (Å²) in [5, 5.41) is 9.94. The number of carboxylic acids is 1. The molecule has 0 saturated carbocycles. The Kier molecular flexibility index (Phi) is 5.05. The van der Waals surface area contributed by atoms with Crippen LogP contribution < -0.4 is 5.43 Å². The quantitative estimate of drug-likeness (QED) is 0.831. The molecule has 1 N–H and O–H groups in total. The Morgan fingerprint density at radius 1 is 1.17 bits per heavy atom. The topological polar surface area (TPSA) is 80.7 Å². The lowest BCUT2D eigenvalue weighted by Gasteiger charge is -1.94. The second kappa shape index (κ2) is 6.54. The standard InChI is InChI=1S/C7H4O.C6H10O4/c8-7-5-3-1-2-4-6(5)7;1-10-6(9)4-2-3-5(7)8/h1-4H;2-4H2,1H3,(H,7,8). The van der Waals surface area contributed by atoms with Crippen LogP contribution in [0.25, 0.3) is 10.8 Å². The average molecular weight is 250 g/mol. The monoisotopic (exact) mass is 250 g/mol. The second-order valence-corrected chi connectivity index (χ2v) is 3.70. The molecule has 2 aromatic rings. The van der Waals surface area contributed by atoms with Gasteiger partial charge in [-0.1, -0.05) is 24.3 Å². The third-order valence-electron chi connectivity index (χ3n) is 2.35. The van der Waals surface area contributed by atoms with Crippen LogP contribution in [0.4, 0.5) is 0 Å². The summed E-state index contributed by atoms with van der Waals surface area (Å²) in [7, 11) is 1.28. The Morgan fingerprint density at radius 3 is 2.11 bits per heavy atom. The van der Waals surface area contributed by atoms with E-state index in [1.54, 1.807) is 0 Å². The number of rotatable bonds is 4. The van der Waals surface area contributed by atoms with Crippen LogP contribution in [0.15, 0.2) is 29.1 Å². The van der Waals surface area contributed by atoms with Gasteiger partial charge in [-0.25, -0.2) is 0 Å². The zero-order valence-electron chi connectivity index (χ0n) is 10.0. The molecular formula is C13H14O5. The van der Waals surface area contributed by atoms with Crippen LogP contribution in [0.5, 0.6) is 0 Å². The zero-order valence-corrected chi connectivity index (χ0v) is 10.0. The molecule has 5 heteroatoms. The summed E-state index contributed by atoms with van der Waals surface area (Å²) in [6.45, 7) is 0. The van der Waals surface area contributed by atoms with Gasteiger partial charge in [0.15, 0.2) is 5.43 Å². The number of benzene rings is 1. The van der Waals surface area contributed by atoms with E-state index in [1.807, 2.05) is 24.3 Å². The van der Waals surface area contributed by atoms with Gasteiger partial charge in [-0.15, -0.1) is 0 Å². The van der Waals surface area contributed by atoms with E-state index < -0.39 is 5.97 Å². The maximum Gasteiger partial charge on any atom is 0.305 e. The number of aliphatic carboxylic acids is 1. The van der Waals surface area contributed by atoms with Gasteiger partial charge < -0.3 is 9.84 Å². The van der Waals surface area contributed by atoms with Crippen molar-refractivity contribution in [3.63, 3.8) is 0 Å². The molecule has 0 atom stereocenters. The fourth-order valence-corrected chi connectivity index (χ4v) is 1.32. The van der Waals surface area contributed by atoms with Crippen molar-refractivity contribution < 1.29 is 19.4 Å². The largest absolute Gasteiger partial charge is 0.481 e. The molecule has 2 aromatic carbocycles. The highest BCUT2D eigenvalue weighted by Gasteiger charge is 2.07. The molecule has 0 aliphatic heterocycles. The molecule has 2 rings (SSSR count). The lowest BCUT2D eigenvalue weighted by atomic mass is 10.2. The highest BCUT2D eigenvalue weighted by molar-refractivity contribution is 5.97. The van der Waals surface area contributed by atoms with Crippen LogP contribution in [-0.2, 0) is 14.3 Å². The van der Waals surface area contributed by atoms with Crippen LogP contribution in [0.1, 0.15) is 19.3 Å². The normalized spacial score (nSPS) is 9.83. The van der Waals surface area contributed by atoms with E-state index in [9.17, 15) is 14.4 Å². The van der Waals surface area contributed by atoms with Crippen molar-refractivity contribution in [2.45, 2.75) is 19.3 Å². The van der Waals surface area contributed by atoms with E-state index in [0.717, 1.165) is 10.8 Å². The van der Waals surface area contributed by atoms with Crippen molar-refractivity contribution >= 4 is 22.7 Å². The van der Waals surface area contributed by atoms with Gasteiger partial charge in [0.05, 0.1) is 7.11 Å². The Bertz CT molecular complexity index is 517. The first-order valence-corrected chi connectivity index (χ1v) is 5.48. The van der Waals surface area contributed by atoms with Crippen molar-refractivity contribution in [3.8, 4) is 0 Å². The highest BCUT2D eigenvalue weighted by Crippen LogP contribution is 2.11. The van der Waals surface area contributed by atoms with E-state index in [2.05, 4.69) is 4.74 Å². The van der Waals surface area contributed by atoms with E-state index in [4.69, 9.17) is 5.11 Å². The van der Waals surface area contributed by atoms with Gasteiger partial charge in [0.25, 0.3) is 0 Å². The fraction of sp³-hybridized carbons (Fsp3) is 0.308. The van der Waals surface area contributed by atoms with Crippen LogP contribution in [0.2, 0.25) is 0 Å². The van der Waals surface area contributed by atoms with Crippen LogP contribution >= 0.6 is 0 Å². The van der Waals surface area contributed by atoms with Gasteiger partial charge in [-0.2, -0.15) is 0 Å². The highest BCUT2D eigenvalue weighted by atomic mass is 16.5. The summed E-state index contributed by atoms with van der Waals surface area (Å²) < 4.78 is 4.30. The maximum atomic E-state index is 10.5. The first-order chi connectivity index (χ1) is 8.56. The molecule has 0 bridgehead atoms. The molecule has 0 aliphatic carbocycles. The molecule has 0 radical (unpaired) electrons.